The lowest BCUT2D eigenvalue weighted by atomic mass is 10.2. The number of aromatic nitrogens is 2. The van der Waals surface area contributed by atoms with E-state index in [2.05, 4.69) is 10.1 Å². The van der Waals surface area contributed by atoms with Crippen LogP contribution in [0.2, 0.25) is 0 Å². The summed E-state index contributed by atoms with van der Waals surface area (Å²) in [5.74, 6) is 4.05. The summed E-state index contributed by atoms with van der Waals surface area (Å²) in [6.07, 6.45) is 0.895. The number of fused-ring (bicyclic) bond motifs is 1. The molecule has 0 N–H and O–H groups in total. The molecule has 0 saturated carbocycles. The molecule has 3 aromatic rings. The zero-order valence-electron chi connectivity index (χ0n) is 14.3. The van der Waals surface area contributed by atoms with Crippen LogP contribution in [-0.4, -0.2) is 30.5 Å². The van der Waals surface area contributed by atoms with Crippen LogP contribution in [-0.2, 0) is 5.75 Å². The summed E-state index contributed by atoms with van der Waals surface area (Å²) >= 11 is 1.61. The summed E-state index contributed by atoms with van der Waals surface area (Å²) in [6.45, 7) is 1.36. The number of ether oxygens (including phenoxy) is 3. The van der Waals surface area contributed by atoms with Crippen molar-refractivity contribution in [3.8, 4) is 28.6 Å². The normalized spacial score (nSPS) is 13.3. The maximum absolute atomic E-state index is 5.72. The Hall–Kier alpha value is -2.67. The minimum absolute atomic E-state index is 0.554. The molecule has 2 heterocycles. The van der Waals surface area contributed by atoms with Crippen molar-refractivity contribution < 1.29 is 18.7 Å². The van der Waals surface area contributed by atoms with Crippen LogP contribution < -0.4 is 14.2 Å². The lowest BCUT2D eigenvalue weighted by Crippen LogP contribution is -1.97. The number of rotatable bonds is 5. The van der Waals surface area contributed by atoms with Gasteiger partial charge in [-0.15, -0.1) is 11.8 Å². The average Bonchev–Trinajstić information content (AvgIpc) is 3.04. The summed E-state index contributed by atoms with van der Waals surface area (Å²) in [7, 11) is 1.63. The molecule has 2 aromatic carbocycles. The standard InChI is InChI=1S/C19H18N2O4S/c1-22-14-5-2-4-13(10-14)19-20-18(25-21-19)12-26-15-6-7-16-17(11-15)24-9-3-8-23-16/h2,4-7,10-11H,3,8-9,12H2,1H3. The van der Waals surface area contributed by atoms with Gasteiger partial charge in [0.15, 0.2) is 11.5 Å². The molecule has 0 saturated heterocycles. The van der Waals surface area contributed by atoms with Crippen LogP contribution in [0, 0.1) is 0 Å². The Balaban J connectivity index is 1.44. The first kappa shape index (κ1) is 16.8. The van der Waals surface area contributed by atoms with E-state index in [-0.39, 0.29) is 0 Å². The van der Waals surface area contributed by atoms with E-state index < -0.39 is 0 Å². The number of methoxy groups -OCH3 is 1. The van der Waals surface area contributed by atoms with Gasteiger partial charge in [-0.2, -0.15) is 4.98 Å². The molecule has 0 spiro atoms. The zero-order valence-corrected chi connectivity index (χ0v) is 15.1. The van der Waals surface area contributed by atoms with Gasteiger partial charge in [0.1, 0.15) is 5.75 Å². The fraction of sp³-hybridized carbons (Fsp3) is 0.263. The fourth-order valence-corrected chi connectivity index (χ4v) is 3.33. The molecule has 6 nitrogen and oxygen atoms in total. The fourth-order valence-electron chi connectivity index (χ4n) is 2.57. The van der Waals surface area contributed by atoms with Crippen molar-refractivity contribution in [1.29, 1.82) is 0 Å². The molecule has 26 heavy (non-hydrogen) atoms. The van der Waals surface area contributed by atoms with Crippen LogP contribution in [0.3, 0.4) is 0 Å². The summed E-state index contributed by atoms with van der Waals surface area (Å²) in [4.78, 5) is 5.53. The lowest BCUT2D eigenvalue weighted by molar-refractivity contribution is 0.297. The van der Waals surface area contributed by atoms with E-state index >= 15 is 0 Å². The van der Waals surface area contributed by atoms with Gasteiger partial charge in [0.25, 0.3) is 0 Å². The molecule has 0 bridgehead atoms. The molecule has 0 amide bonds. The smallest absolute Gasteiger partial charge is 0.237 e. The summed E-state index contributed by atoms with van der Waals surface area (Å²) in [5, 5.41) is 4.06. The minimum atomic E-state index is 0.554. The first-order valence-corrected chi connectivity index (χ1v) is 9.30. The largest absolute Gasteiger partial charge is 0.497 e. The monoisotopic (exact) mass is 370 g/mol. The van der Waals surface area contributed by atoms with Gasteiger partial charge in [-0.1, -0.05) is 17.3 Å². The van der Waals surface area contributed by atoms with E-state index in [0.29, 0.717) is 30.7 Å². The SMILES string of the molecule is COc1cccc(-c2noc(CSc3ccc4c(c3)OCCCO4)n2)c1. The van der Waals surface area contributed by atoms with Crippen molar-refractivity contribution >= 4 is 11.8 Å². The lowest BCUT2D eigenvalue weighted by Gasteiger charge is -2.08. The Morgan fingerprint density at radius 3 is 2.85 bits per heavy atom. The molecule has 0 atom stereocenters. The predicted octanol–water partition coefficient (Wildman–Crippen LogP) is 4.20. The van der Waals surface area contributed by atoms with E-state index in [1.165, 1.54) is 0 Å². The van der Waals surface area contributed by atoms with Gasteiger partial charge in [0, 0.05) is 16.9 Å². The number of nitrogens with zero attached hydrogens (tertiary/aromatic N) is 2. The highest BCUT2D eigenvalue weighted by Crippen LogP contribution is 2.35. The molecule has 7 heteroatoms. The van der Waals surface area contributed by atoms with Crippen LogP contribution in [0.25, 0.3) is 11.4 Å². The van der Waals surface area contributed by atoms with Crippen LogP contribution in [0.5, 0.6) is 17.2 Å². The van der Waals surface area contributed by atoms with Gasteiger partial charge in [0.2, 0.25) is 11.7 Å². The Morgan fingerprint density at radius 2 is 1.96 bits per heavy atom. The molecule has 4 rings (SSSR count). The number of thioether (sulfide) groups is 1. The number of hydrogen-bond donors (Lipinski definition) is 0. The van der Waals surface area contributed by atoms with E-state index in [4.69, 9.17) is 18.7 Å². The van der Waals surface area contributed by atoms with Gasteiger partial charge in [-0.3, -0.25) is 0 Å². The van der Waals surface area contributed by atoms with Crippen molar-refractivity contribution in [3.05, 3.63) is 48.4 Å². The third-order valence-electron chi connectivity index (χ3n) is 3.88. The van der Waals surface area contributed by atoms with Gasteiger partial charge in [0.05, 0.1) is 26.1 Å². The maximum Gasteiger partial charge on any atom is 0.237 e. The van der Waals surface area contributed by atoms with E-state index in [1.54, 1.807) is 18.9 Å². The molecule has 0 unspecified atom stereocenters. The van der Waals surface area contributed by atoms with Crippen molar-refractivity contribution in [2.45, 2.75) is 17.1 Å². The first-order chi connectivity index (χ1) is 12.8. The van der Waals surface area contributed by atoms with Crippen LogP contribution in [0.4, 0.5) is 0 Å². The van der Waals surface area contributed by atoms with Crippen molar-refractivity contribution in [2.24, 2.45) is 0 Å². The molecule has 1 aliphatic rings. The number of hydrogen-bond acceptors (Lipinski definition) is 7. The number of benzene rings is 2. The zero-order chi connectivity index (χ0) is 17.8. The van der Waals surface area contributed by atoms with Gasteiger partial charge >= 0.3 is 0 Å². The second kappa shape index (κ2) is 7.70. The van der Waals surface area contributed by atoms with Crippen LogP contribution >= 0.6 is 11.8 Å². The van der Waals surface area contributed by atoms with Crippen LogP contribution in [0.15, 0.2) is 51.9 Å². The second-order valence-electron chi connectivity index (χ2n) is 5.69. The Kier molecular flexibility index (Phi) is 4.97. The molecule has 1 aliphatic heterocycles. The Bertz CT molecular complexity index is 897. The highest BCUT2D eigenvalue weighted by atomic mass is 32.2. The molecule has 134 valence electrons. The average molecular weight is 370 g/mol. The van der Waals surface area contributed by atoms with E-state index in [1.807, 2.05) is 42.5 Å². The summed E-state index contributed by atoms with van der Waals surface area (Å²) in [5.41, 5.74) is 0.861. The highest BCUT2D eigenvalue weighted by molar-refractivity contribution is 7.98. The molecular formula is C19H18N2O4S. The van der Waals surface area contributed by atoms with Gasteiger partial charge in [-0.05, 0) is 30.3 Å². The summed E-state index contributed by atoms with van der Waals surface area (Å²) < 4.78 is 22.0. The third kappa shape index (κ3) is 3.77. The topological polar surface area (TPSA) is 66.6 Å². The van der Waals surface area contributed by atoms with Gasteiger partial charge in [-0.25, -0.2) is 0 Å². The molecule has 0 fully saturated rings. The quantitative estimate of drug-likeness (QED) is 0.624. The Morgan fingerprint density at radius 1 is 1.08 bits per heavy atom. The van der Waals surface area contributed by atoms with Crippen molar-refractivity contribution in [3.63, 3.8) is 0 Å². The molecule has 0 aliphatic carbocycles. The molecule has 0 radical (unpaired) electrons. The highest BCUT2D eigenvalue weighted by Gasteiger charge is 2.13. The first-order valence-electron chi connectivity index (χ1n) is 8.31. The minimum Gasteiger partial charge on any atom is -0.497 e. The Labute approximate surface area is 155 Å². The van der Waals surface area contributed by atoms with Gasteiger partial charge < -0.3 is 18.7 Å². The third-order valence-corrected chi connectivity index (χ3v) is 4.86. The van der Waals surface area contributed by atoms with Crippen molar-refractivity contribution in [1.82, 2.24) is 10.1 Å². The molecular weight excluding hydrogens is 352 g/mol. The van der Waals surface area contributed by atoms with E-state index in [0.717, 1.165) is 34.1 Å². The predicted molar refractivity (Wildman–Crippen MR) is 97.9 cm³/mol. The maximum atomic E-state index is 5.72. The van der Waals surface area contributed by atoms with Crippen LogP contribution in [0.1, 0.15) is 12.3 Å². The second-order valence-corrected chi connectivity index (χ2v) is 6.74. The molecule has 1 aromatic heterocycles. The summed E-state index contributed by atoms with van der Waals surface area (Å²) in [6, 6.07) is 13.5. The van der Waals surface area contributed by atoms with E-state index in [9.17, 15) is 0 Å². The van der Waals surface area contributed by atoms with Crippen molar-refractivity contribution in [2.75, 3.05) is 20.3 Å².